The third-order valence-corrected chi connectivity index (χ3v) is 1.91. The predicted octanol–water partition coefficient (Wildman–Crippen LogP) is 2.62. The largest absolute Gasteiger partial charge is 0.478 e. The standard InChI is InChI=1S/C9H8BrFO2/c10-8(11)5-6-1-3-7(4-2-6)9(12)13/h1-4,8H,5H2,(H,12,13). The molecule has 1 aromatic rings. The lowest BCUT2D eigenvalue weighted by Crippen LogP contribution is -1.98. The zero-order valence-corrected chi connectivity index (χ0v) is 8.29. The van der Waals surface area contributed by atoms with Gasteiger partial charge >= 0.3 is 5.97 Å². The van der Waals surface area contributed by atoms with Crippen molar-refractivity contribution in [2.24, 2.45) is 0 Å². The van der Waals surface area contributed by atoms with Gasteiger partial charge in [-0.15, -0.1) is 0 Å². The molecule has 0 amide bonds. The van der Waals surface area contributed by atoms with Crippen LogP contribution in [0.1, 0.15) is 15.9 Å². The minimum absolute atomic E-state index is 0.216. The van der Waals surface area contributed by atoms with Crippen molar-refractivity contribution in [3.63, 3.8) is 0 Å². The molecule has 1 N–H and O–H groups in total. The van der Waals surface area contributed by atoms with Crippen LogP contribution in [0.25, 0.3) is 0 Å². The lowest BCUT2D eigenvalue weighted by Gasteiger charge is -2.01. The molecule has 0 bridgehead atoms. The van der Waals surface area contributed by atoms with Gasteiger partial charge in [0.15, 0.2) is 5.08 Å². The van der Waals surface area contributed by atoms with Crippen LogP contribution in [0.15, 0.2) is 24.3 Å². The van der Waals surface area contributed by atoms with E-state index in [1.807, 2.05) is 0 Å². The summed E-state index contributed by atoms with van der Waals surface area (Å²) in [5, 5.41) is 7.49. The maximum Gasteiger partial charge on any atom is 0.335 e. The van der Waals surface area contributed by atoms with Gasteiger partial charge in [-0.1, -0.05) is 28.1 Å². The molecule has 0 radical (unpaired) electrons. The van der Waals surface area contributed by atoms with E-state index >= 15 is 0 Å². The van der Waals surface area contributed by atoms with E-state index in [2.05, 4.69) is 15.9 Å². The maximum absolute atomic E-state index is 12.4. The van der Waals surface area contributed by atoms with Crippen LogP contribution in [-0.4, -0.2) is 16.2 Å². The molecule has 1 rings (SSSR count). The van der Waals surface area contributed by atoms with Gasteiger partial charge in [-0.05, 0) is 17.7 Å². The summed E-state index contributed by atoms with van der Waals surface area (Å²) in [7, 11) is 0. The van der Waals surface area contributed by atoms with Gasteiger partial charge in [-0.3, -0.25) is 0 Å². The molecule has 2 nitrogen and oxygen atoms in total. The first-order valence-corrected chi connectivity index (χ1v) is 4.61. The molecule has 13 heavy (non-hydrogen) atoms. The number of carboxylic acid groups (broad SMARTS) is 1. The fourth-order valence-corrected chi connectivity index (χ4v) is 1.34. The van der Waals surface area contributed by atoms with Crippen molar-refractivity contribution in [1.29, 1.82) is 0 Å². The lowest BCUT2D eigenvalue weighted by atomic mass is 10.1. The smallest absolute Gasteiger partial charge is 0.335 e. The van der Waals surface area contributed by atoms with E-state index in [9.17, 15) is 9.18 Å². The van der Waals surface area contributed by atoms with E-state index in [0.717, 1.165) is 5.56 Å². The molecule has 1 aromatic carbocycles. The van der Waals surface area contributed by atoms with Gasteiger partial charge in [0.05, 0.1) is 5.56 Å². The highest BCUT2D eigenvalue weighted by Gasteiger charge is 2.04. The van der Waals surface area contributed by atoms with E-state index < -0.39 is 11.1 Å². The fourth-order valence-electron chi connectivity index (χ4n) is 0.962. The molecule has 4 heteroatoms. The van der Waals surface area contributed by atoms with Crippen molar-refractivity contribution < 1.29 is 14.3 Å². The van der Waals surface area contributed by atoms with Gasteiger partial charge < -0.3 is 5.11 Å². The molecule has 0 aromatic heterocycles. The Morgan fingerprint density at radius 3 is 2.38 bits per heavy atom. The number of rotatable bonds is 3. The zero-order valence-electron chi connectivity index (χ0n) is 6.71. The normalized spacial score (nSPS) is 12.5. The third kappa shape index (κ3) is 3.14. The van der Waals surface area contributed by atoms with Crippen molar-refractivity contribution in [2.45, 2.75) is 11.5 Å². The van der Waals surface area contributed by atoms with Gasteiger partial charge in [0.25, 0.3) is 0 Å². The average Bonchev–Trinajstić information content (AvgIpc) is 2.04. The van der Waals surface area contributed by atoms with E-state index in [1.165, 1.54) is 12.1 Å². The number of aromatic carboxylic acids is 1. The number of hydrogen-bond acceptors (Lipinski definition) is 1. The fraction of sp³-hybridized carbons (Fsp3) is 0.222. The Morgan fingerprint density at radius 1 is 1.46 bits per heavy atom. The number of alkyl halides is 2. The van der Waals surface area contributed by atoms with Crippen LogP contribution in [0, 0.1) is 0 Å². The molecule has 0 aliphatic heterocycles. The summed E-state index contributed by atoms with van der Waals surface area (Å²) in [6, 6.07) is 6.15. The molecule has 1 unspecified atom stereocenters. The summed E-state index contributed by atoms with van der Waals surface area (Å²) in [6.45, 7) is 0. The second-order valence-corrected chi connectivity index (χ2v) is 3.59. The first-order chi connectivity index (χ1) is 6.09. The number of benzene rings is 1. The van der Waals surface area contributed by atoms with E-state index in [-0.39, 0.29) is 12.0 Å². The van der Waals surface area contributed by atoms with Crippen LogP contribution in [-0.2, 0) is 6.42 Å². The van der Waals surface area contributed by atoms with Crippen LogP contribution in [0.3, 0.4) is 0 Å². The van der Waals surface area contributed by atoms with Crippen molar-refractivity contribution in [1.82, 2.24) is 0 Å². The monoisotopic (exact) mass is 246 g/mol. The molecule has 0 spiro atoms. The Hall–Kier alpha value is -0.900. The number of carbonyl (C=O) groups is 1. The van der Waals surface area contributed by atoms with Gasteiger partial charge in [-0.25, -0.2) is 9.18 Å². The van der Waals surface area contributed by atoms with Crippen LogP contribution < -0.4 is 0 Å². The minimum atomic E-state index is -1.08. The Bertz CT molecular complexity index is 295. The van der Waals surface area contributed by atoms with Gasteiger partial charge in [0.1, 0.15) is 0 Å². The molecule has 0 aliphatic rings. The molecule has 70 valence electrons. The number of carboxylic acids is 1. The number of halogens is 2. The van der Waals surface area contributed by atoms with E-state index in [0.29, 0.717) is 0 Å². The highest BCUT2D eigenvalue weighted by atomic mass is 79.9. The SMILES string of the molecule is O=C(O)c1ccc(CC(F)Br)cc1. The third-order valence-electron chi connectivity index (χ3n) is 1.59. The lowest BCUT2D eigenvalue weighted by molar-refractivity contribution is 0.0697. The Kier molecular flexibility index (Phi) is 3.42. The molecular weight excluding hydrogens is 239 g/mol. The highest BCUT2D eigenvalue weighted by molar-refractivity contribution is 9.09. The molecule has 0 saturated carbocycles. The van der Waals surface area contributed by atoms with Crippen LogP contribution in [0.2, 0.25) is 0 Å². The molecule has 0 saturated heterocycles. The molecular formula is C9H8BrFO2. The predicted molar refractivity (Wildman–Crippen MR) is 50.9 cm³/mol. The second-order valence-electron chi connectivity index (χ2n) is 2.60. The first-order valence-electron chi connectivity index (χ1n) is 3.70. The molecule has 0 heterocycles. The van der Waals surface area contributed by atoms with Crippen molar-refractivity contribution in [3.8, 4) is 0 Å². The summed E-state index contributed by atoms with van der Waals surface area (Å²) >= 11 is 2.78. The van der Waals surface area contributed by atoms with Crippen LogP contribution in [0.5, 0.6) is 0 Å². The van der Waals surface area contributed by atoms with E-state index in [4.69, 9.17) is 5.11 Å². The molecule has 0 fully saturated rings. The number of hydrogen-bond donors (Lipinski definition) is 1. The van der Waals surface area contributed by atoms with Gasteiger partial charge in [0, 0.05) is 6.42 Å². The van der Waals surface area contributed by atoms with Gasteiger partial charge in [0.2, 0.25) is 0 Å². The summed E-state index contributed by atoms with van der Waals surface area (Å²) in [5.41, 5.74) is 0.989. The summed E-state index contributed by atoms with van der Waals surface area (Å²) in [5.74, 6) is -0.970. The Balaban J connectivity index is 2.75. The molecule has 0 aliphatic carbocycles. The topological polar surface area (TPSA) is 37.3 Å². The van der Waals surface area contributed by atoms with Crippen molar-refractivity contribution in [2.75, 3.05) is 0 Å². The van der Waals surface area contributed by atoms with Crippen LogP contribution in [0.4, 0.5) is 4.39 Å². The minimum Gasteiger partial charge on any atom is -0.478 e. The zero-order chi connectivity index (χ0) is 9.84. The maximum atomic E-state index is 12.4. The summed E-state index contributed by atoms with van der Waals surface area (Å²) in [4.78, 5) is 10.5. The first kappa shape index (κ1) is 10.2. The second kappa shape index (κ2) is 4.37. The molecule has 1 atom stereocenters. The Labute approximate surface area is 83.5 Å². The summed E-state index contributed by atoms with van der Waals surface area (Å²) < 4.78 is 12.4. The summed E-state index contributed by atoms with van der Waals surface area (Å²) in [6.07, 6.45) is 0.250. The highest BCUT2D eigenvalue weighted by Crippen LogP contribution is 2.12. The Morgan fingerprint density at radius 2 is 2.00 bits per heavy atom. The van der Waals surface area contributed by atoms with Crippen LogP contribution >= 0.6 is 15.9 Å². The van der Waals surface area contributed by atoms with Gasteiger partial charge in [-0.2, -0.15) is 0 Å². The van der Waals surface area contributed by atoms with Crippen molar-refractivity contribution >= 4 is 21.9 Å². The van der Waals surface area contributed by atoms with Crippen molar-refractivity contribution in [3.05, 3.63) is 35.4 Å². The quantitative estimate of drug-likeness (QED) is 0.833. The van der Waals surface area contributed by atoms with E-state index in [1.54, 1.807) is 12.1 Å². The average molecular weight is 247 g/mol.